The summed E-state index contributed by atoms with van der Waals surface area (Å²) in [4.78, 5) is 22.0. The monoisotopic (exact) mass is 179 g/mol. The summed E-state index contributed by atoms with van der Waals surface area (Å²) in [6, 6.07) is 3.43. The second kappa shape index (κ2) is 4.03. The highest BCUT2D eigenvalue weighted by molar-refractivity contribution is 5.75. The standard InChI is InChI=1S/C10H13NO2/c1-8-3-5-11(10(13)7-8)6-4-9(2)12/h3,5,7H,4,6H2,1-2H3. The zero-order valence-electron chi connectivity index (χ0n) is 7.91. The lowest BCUT2D eigenvalue weighted by molar-refractivity contribution is -0.117. The van der Waals surface area contributed by atoms with Gasteiger partial charge in [-0.15, -0.1) is 0 Å². The molecule has 0 aliphatic rings. The molecule has 0 amide bonds. The van der Waals surface area contributed by atoms with Gasteiger partial charge in [0, 0.05) is 25.2 Å². The van der Waals surface area contributed by atoms with E-state index in [1.165, 1.54) is 6.92 Å². The van der Waals surface area contributed by atoms with Crippen LogP contribution in [0.5, 0.6) is 0 Å². The second-order valence-corrected chi connectivity index (χ2v) is 3.19. The first-order valence-electron chi connectivity index (χ1n) is 4.26. The van der Waals surface area contributed by atoms with Gasteiger partial charge in [-0.05, 0) is 25.5 Å². The minimum atomic E-state index is -0.0405. The van der Waals surface area contributed by atoms with Gasteiger partial charge in [-0.1, -0.05) is 0 Å². The third-order valence-electron chi connectivity index (χ3n) is 1.86. The van der Waals surface area contributed by atoms with Crippen molar-refractivity contribution in [1.29, 1.82) is 0 Å². The minimum absolute atomic E-state index is 0.0405. The molecule has 3 nitrogen and oxygen atoms in total. The molecule has 1 aromatic rings. The lowest BCUT2D eigenvalue weighted by Crippen LogP contribution is -2.19. The van der Waals surface area contributed by atoms with Crippen molar-refractivity contribution in [3.8, 4) is 0 Å². The first-order valence-corrected chi connectivity index (χ1v) is 4.26. The topological polar surface area (TPSA) is 39.1 Å². The Bertz CT molecular complexity index is 365. The van der Waals surface area contributed by atoms with Gasteiger partial charge in [-0.2, -0.15) is 0 Å². The number of ketones is 1. The van der Waals surface area contributed by atoms with Gasteiger partial charge in [-0.3, -0.25) is 9.59 Å². The van der Waals surface area contributed by atoms with Crippen LogP contribution in [0.4, 0.5) is 0 Å². The van der Waals surface area contributed by atoms with Gasteiger partial charge in [-0.25, -0.2) is 0 Å². The lowest BCUT2D eigenvalue weighted by Gasteiger charge is -2.03. The third kappa shape index (κ3) is 2.86. The molecule has 1 heterocycles. The Morgan fingerprint density at radius 3 is 2.77 bits per heavy atom. The number of hydrogen-bond acceptors (Lipinski definition) is 2. The van der Waals surface area contributed by atoms with Crippen LogP contribution in [0.2, 0.25) is 0 Å². The van der Waals surface area contributed by atoms with E-state index < -0.39 is 0 Å². The van der Waals surface area contributed by atoms with E-state index in [1.807, 2.05) is 13.0 Å². The fourth-order valence-electron chi connectivity index (χ4n) is 1.07. The summed E-state index contributed by atoms with van der Waals surface area (Å²) in [6.45, 7) is 3.88. The summed E-state index contributed by atoms with van der Waals surface area (Å²) >= 11 is 0. The number of pyridine rings is 1. The molecule has 1 aromatic heterocycles. The Morgan fingerprint density at radius 1 is 1.54 bits per heavy atom. The molecule has 0 bridgehead atoms. The molecule has 0 aromatic carbocycles. The van der Waals surface area contributed by atoms with Crippen LogP contribution in [-0.2, 0) is 11.3 Å². The van der Waals surface area contributed by atoms with Crippen LogP contribution in [0.25, 0.3) is 0 Å². The number of carbonyl (C=O) groups excluding carboxylic acids is 1. The molecule has 0 N–H and O–H groups in total. The van der Waals surface area contributed by atoms with Crippen molar-refractivity contribution in [3.63, 3.8) is 0 Å². The summed E-state index contributed by atoms with van der Waals surface area (Å²) in [6.07, 6.45) is 2.14. The molecule has 0 aliphatic heterocycles. The van der Waals surface area contributed by atoms with Crippen molar-refractivity contribution in [3.05, 3.63) is 34.2 Å². The fourth-order valence-corrected chi connectivity index (χ4v) is 1.07. The summed E-state index contributed by atoms with van der Waals surface area (Å²) < 4.78 is 1.55. The van der Waals surface area contributed by atoms with Crippen LogP contribution in [0.1, 0.15) is 18.9 Å². The van der Waals surface area contributed by atoms with Crippen LogP contribution in [-0.4, -0.2) is 10.4 Å². The van der Waals surface area contributed by atoms with E-state index in [1.54, 1.807) is 16.8 Å². The summed E-state index contributed by atoms with van der Waals surface area (Å²) in [7, 11) is 0. The van der Waals surface area contributed by atoms with E-state index in [4.69, 9.17) is 0 Å². The first-order chi connectivity index (χ1) is 6.09. The molecule has 0 unspecified atom stereocenters. The quantitative estimate of drug-likeness (QED) is 0.697. The zero-order valence-corrected chi connectivity index (χ0v) is 7.91. The van der Waals surface area contributed by atoms with E-state index in [9.17, 15) is 9.59 Å². The third-order valence-corrected chi connectivity index (χ3v) is 1.86. The summed E-state index contributed by atoms with van der Waals surface area (Å²) in [5, 5.41) is 0. The Morgan fingerprint density at radius 2 is 2.23 bits per heavy atom. The number of rotatable bonds is 3. The van der Waals surface area contributed by atoms with E-state index in [0.29, 0.717) is 13.0 Å². The molecule has 13 heavy (non-hydrogen) atoms. The lowest BCUT2D eigenvalue weighted by atomic mass is 10.3. The fraction of sp³-hybridized carbons (Fsp3) is 0.400. The predicted octanol–water partition coefficient (Wildman–Crippen LogP) is 1.14. The molecule has 0 radical (unpaired) electrons. The van der Waals surface area contributed by atoms with E-state index in [2.05, 4.69) is 0 Å². The highest BCUT2D eigenvalue weighted by Gasteiger charge is 1.97. The van der Waals surface area contributed by atoms with Gasteiger partial charge in [0.25, 0.3) is 5.56 Å². The zero-order chi connectivity index (χ0) is 9.84. The molecule has 0 aliphatic carbocycles. The van der Waals surface area contributed by atoms with Crippen molar-refractivity contribution in [2.24, 2.45) is 0 Å². The van der Waals surface area contributed by atoms with Gasteiger partial charge in [0.2, 0.25) is 0 Å². The molecular weight excluding hydrogens is 166 g/mol. The average molecular weight is 179 g/mol. The van der Waals surface area contributed by atoms with Crippen LogP contribution < -0.4 is 5.56 Å². The number of nitrogens with zero attached hydrogens (tertiary/aromatic N) is 1. The molecule has 3 heteroatoms. The number of aryl methyl sites for hydroxylation is 2. The van der Waals surface area contributed by atoms with Gasteiger partial charge >= 0.3 is 0 Å². The predicted molar refractivity (Wildman–Crippen MR) is 50.7 cm³/mol. The average Bonchev–Trinajstić information content (AvgIpc) is 2.02. The molecule has 70 valence electrons. The molecule has 0 saturated carbocycles. The summed E-state index contributed by atoms with van der Waals surface area (Å²) in [5.41, 5.74) is 0.908. The molecule has 0 fully saturated rings. The number of Topliss-reactive ketones (excluding diaryl/α,β-unsaturated/α-hetero) is 1. The normalized spacial score (nSPS) is 10.0. The van der Waals surface area contributed by atoms with Crippen LogP contribution in [0.15, 0.2) is 23.1 Å². The Kier molecular flexibility index (Phi) is 3.01. The van der Waals surface area contributed by atoms with Gasteiger partial charge in [0.05, 0.1) is 0 Å². The smallest absolute Gasteiger partial charge is 0.250 e. The molecule has 1 rings (SSSR count). The second-order valence-electron chi connectivity index (χ2n) is 3.19. The maximum atomic E-state index is 11.3. The van der Waals surface area contributed by atoms with E-state index in [-0.39, 0.29) is 11.3 Å². The SMILES string of the molecule is CC(=O)CCn1ccc(C)cc1=O. The Hall–Kier alpha value is -1.38. The van der Waals surface area contributed by atoms with Gasteiger partial charge in [0.15, 0.2) is 0 Å². The number of carbonyl (C=O) groups is 1. The Balaban J connectivity index is 2.78. The molecule has 0 saturated heterocycles. The Labute approximate surface area is 77.0 Å². The van der Waals surface area contributed by atoms with Crippen molar-refractivity contribution in [1.82, 2.24) is 4.57 Å². The molecule has 0 spiro atoms. The summed E-state index contributed by atoms with van der Waals surface area (Å²) in [5.74, 6) is 0.104. The van der Waals surface area contributed by atoms with Crippen LogP contribution in [0.3, 0.4) is 0 Å². The van der Waals surface area contributed by atoms with Crippen molar-refractivity contribution in [2.45, 2.75) is 26.8 Å². The van der Waals surface area contributed by atoms with Crippen LogP contribution in [0, 0.1) is 6.92 Å². The van der Waals surface area contributed by atoms with E-state index >= 15 is 0 Å². The van der Waals surface area contributed by atoms with Crippen molar-refractivity contribution < 1.29 is 4.79 Å². The largest absolute Gasteiger partial charge is 0.315 e. The highest BCUT2D eigenvalue weighted by Crippen LogP contribution is 1.93. The van der Waals surface area contributed by atoms with Crippen LogP contribution >= 0.6 is 0 Å². The minimum Gasteiger partial charge on any atom is -0.315 e. The highest BCUT2D eigenvalue weighted by atomic mass is 16.1. The van der Waals surface area contributed by atoms with Gasteiger partial charge < -0.3 is 4.57 Å². The molecular formula is C10H13NO2. The molecule has 0 atom stereocenters. The van der Waals surface area contributed by atoms with Gasteiger partial charge in [0.1, 0.15) is 5.78 Å². The van der Waals surface area contributed by atoms with Crippen molar-refractivity contribution in [2.75, 3.05) is 0 Å². The van der Waals surface area contributed by atoms with E-state index in [0.717, 1.165) is 5.56 Å². The van der Waals surface area contributed by atoms with Crippen molar-refractivity contribution >= 4 is 5.78 Å². The first kappa shape index (κ1) is 9.71. The number of aromatic nitrogens is 1. The number of hydrogen-bond donors (Lipinski definition) is 0. The maximum Gasteiger partial charge on any atom is 0.250 e. The maximum absolute atomic E-state index is 11.3.